The van der Waals surface area contributed by atoms with E-state index in [1.165, 1.54) is 0 Å². The van der Waals surface area contributed by atoms with Crippen LogP contribution in [0.1, 0.15) is 5.56 Å². The molecule has 2 rings (SSSR count). The van der Waals surface area contributed by atoms with Crippen LogP contribution in [-0.2, 0) is 34.6 Å². The van der Waals surface area contributed by atoms with Crippen LogP contribution >= 0.6 is 11.8 Å². The van der Waals surface area contributed by atoms with E-state index in [1.807, 2.05) is 0 Å². The Morgan fingerprint density at radius 1 is 1.21 bits per heavy atom. The number of carbonyl (C=O) groups excluding carboxylic acids is 2. The fraction of sp³-hybridized carbons (Fsp3) is 0.0769. The van der Waals surface area contributed by atoms with Crippen molar-refractivity contribution in [2.24, 2.45) is 10.2 Å². The highest BCUT2D eigenvalue weighted by atomic mass is 32.2. The average Bonchev–Trinajstić information content (AvgIpc) is 2.92. The molecule has 0 saturated carbocycles. The molecule has 28 heavy (non-hydrogen) atoms. The molecule has 0 bridgehead atoms. The second-order valence-corrected chi connectivity index (χ2v) is 8.73. The van der Waals surface area contributed by atoms with Crippen LogP contribution in [0.2, 0.25) is 0 Å². The third kappa shape index (κ3) is 5.46. The normalized spacial score (nSPS) is 18.0. The fourth-order valence-corrected chi connectivity index (χ4v) is 3.71. The molecule has 0 radical (unpaired) electrons. The number of amidine groups is 1. The molecule has 1 fully saturated rings. The Hall–Kier alpha value is -2.59. The van der Waals surface area contributed by atoms with Crippen molar-refractivity contribution in [2.75, 3.05) is 7.11 Å². The molecule has 1 amide bonds. The number of hydrogen-bond acceptors (Lipinski definition) is 10. The maximum atomic E-state index is 11.7. The van der Waals surface area contributed by atoms with E-state index in [0.717, 1.165) is 49.4 Å². The molecule has 0 aromatic heterocycles. The first-order valence-corrected chi connectivity index (χ1v) is 10.6. The molecule has 1 aliphatic rings. The Morgan fingerprint density at radius 3 is 2.46 bits per heavy atom. The maximum Gasteiger partial charge on any atom is 0.331 e. The van der Waals surface area contributed by atoms with Crippen molar-refractivity contribution in [3.8, 4) is 0 Å². The standard InChI is InChI=1S/C13H11N3O9S3/c1-25-11(17)5-9-12(18)15-13(26-9)16-14-6-7-4-8(27(19,20)21)2-3-10(7)28(22,23)24/h2-6H,1H3,(H,15,16,18)(H,19,20,21)(H,22,23,24)/b9-5+,14-6?. The number of nitrogens with zero attached hydrogens (tertiary/aromatic N) is 2. The van der Waals surface area contributed by atoms with E-state index in [0.29, 0.717) is 0 Å². The highest BCUT2D eigenvalue weighted by molar-refractivity contribution is 8.18. The molecule has 3 N–H and O–H groups in total. The SMILES string of the molecule is COC(=O)/C=C1/S/C(=N\N=Cc2cc(S(=O)(=O)O)ccc2S(=O)(=O)O)NC1=O. The summed E-state index contributed by atoms with van der Waals surface area (Å²) < 4.78 is 67.8. The monoisotopic (exact) mass is 449 g/mol. The van der Waals surface area contributed by atoms with Gasteiger partial charge in [0.05, 0.1) is 23.1 Å². The zero-order chi connectivity index (χ0) is 21.1. The van der Waals surface area contributed by atoms with Gasteiger partial charge in [-0.2, -0.15) is 21.9 Å². The number of nitrogens with one attached hydrogen (secondary N) is 1. The number of esters is 1. The summed E-state index contributed by atoms with van der Waals surface area (Å²) in [7, 11) is -8.25. The van der Waals surface area contributed by atoms with E-state index >= 15 is 0 Å². The lowest BCUT2D eigenvalue weighted by atomic mass is 10.2. The van der Waals surface area contributed by atoms with E-state index in [9.17, 15) is 31.0 Å². The number of amides is 1. The van der Waals surface area contributed by atoms with Crippen molar-refractivity contribution in [1.82, 2.24) is 5.32 Å². The van der Waals surface area contributed by atoms with Crippen LogP contribution in [0.5, 0.6) is 0 Å². The Morgan fingerprint density at radius 2 is 1.89 bits per heavy atom. The van der Waals surface area contributed by atoms with Crippen molar-refractivity contribution in [2.45, 2.75) is 9.79 Å². The summed E-state index contributed by atoms with van der Waals surface area (Å²) in [5.41, 5.74) is -0.387. The van der Waals surface area contributed by atoms with Gasteiger partial charge in [-0.15, -0.1) is 5.10 Å². The quantitative estimate of drug-likeness (QED) is 0.178. The van der Waals surface area contributed by atoms with Gasteiger partial charge in [-0.25, -0.2) is 4.79 Å². The van der Waals surface area contributed by atoms with E-state index in [1.54, 1.807) is 0 Å². The summed E-state index contributed by atoms with van der Waals surface area (Å²) in [4.78, 5) is 21.5. The molecule has 0 atom stereocenters. The largest absolute Gasteiger partial charge is 0.466 e. The van der Waals surface area contributed by atoms with E-state index in [-0.39, 0.29) is 15.6 Å². The van der Waals surface area contributed by atoms with Gasteiger partial charge >= 0.3 is 5.97 Å². The predicted molar refractivity (Wildman–Crippen MR) is 96.9 cm³/mol. The second-order valence-electron chi connectivity index (χ2n) is 4.89. The molecule has 0 unspecified atom stereocenters. The Kier molecular flexibility index (Phi) is 6.35. The van der Waals surface area contributed by atoms with Gasteiger partial charge in [0.2, 0.25) is 0 Å². The number of hydrogen-bond donors (Lipinski definition) is 3. The summed E-state index contributed by atoms with van der Waals surface area (Å²) in [6, 6.07) is 2.29. The summed E-state index contributed by atoms with van der Waals surface area (Å²) in [6.45, 7) is 0. The summed E-state index contributed by atoms with van der Waals surface area (Å²) >= 11 is 0.747. The molecule has 1 saturated heterocycles. The van der Waals surface area contributed by atoms with Crippen LogP contribution in [0.15, 0.2) is 49.2 Å². The lowest BCUT2D eigenvalue weighted by Crippen LogP contribution is -2.19. The third-order valence-electron chi connectivity index (χ3n) is 3.00. The average molecular weight is 449 g/mol. The van der Waals surface area contributed by atoms with Crippen LogP contribution in [-0.4, -0.2) is 56.3 Å². The first-order valence-electron chi connectivity index (χ1n) is 6.90. The zero-order valence-corrected chi connectivity index (χ0v) is 16.2. The van der Waals surface area contributed by atoms with Crippen molar-refractivity contribution in [1.29, 1.82) is 0 Å². The summed E-state index contributed by atoms with van der Waals surface area (Å²) in [6.07, 6.45) is 1.72. The van der Waals surface area contributed by atoms with Gasteiger partial charge in [0.1, 0.15) is 4.90 Å². The predicted octanol–water partition coefficient (Wildman–Crippen LogP) is -0.210. The van der Waals surface area contributed by atoms with E-state index in [2.05, 4.69) is 20.3 Å². The lowest BCUT2D eigenvalue weighted by molar-refractivity contribution is -0.135. The van der Waals surface area contributed by atoms with E-state index in [4.69, 9.17) is 4.55 Å². The minimum atomic E-state index is -4.73. The molecule has 1 aliphatic heterocycles. The van der Waals surface area contributed by atoms with Gasteiger partial charge < -0.3 is 4.74 Å². The fourth-order valence-electron chi connectivity index (χ4n) is 1.81. The minimum absolute atomic E-state index is 0.0206. The first kappa shape index (κ1) is 21.7. The molecule has 15 heteroatoms. The lowest BCUT2D eigenvalue weighted by Gasteiger charge is -2.04. The van der Waals surface area contributed by atoms with Crippen LogP contribution in [0.4, 0.5) is 0 Å². The molecule has 1 aromatic rings. The van der Waals surface area contributed by atoms with Gasteiger partial charge in [-0.05, 0) is 30.0 Å². The number of ether oxygens (including phenoxy) is 1. The smallest absolute Gasteiger partial charge is 0.331 e. The number of carbonyl (C=O) groups is 2. The highest BCUT2D eigenvalue weighted by Crippen LogP contribution is 2.24. The first-order chi connectivity index (χ1) is 12.9. The van der Waals surface area contributed by atoms with Crippen molar-refractivity contribution < 1.29 is 40.3 Å². The third-order valence-corrected chi connectivity index (χ3v) is 5.68. The maximum absolute atomic E-state index is 11.7. The summed E-state index contributed by atoms with van der Waals surface area (Å²) in [5, 5.41) is 9.35. The van der Waals surface area contributed by atoms with E-state index < -0.39 is 41.9 Å². The molecule has 150 valence electrons. The number of rotatable bonds is 5. The minimum Gasteiger partial charge on any atom is -0.466 e. The van der Waals surface area contributed by atoms with Gasteiger partial charge in [-0.3, -0.25) is 19.2 Å². The van der Waals surface area contributed by atoms with Crippen molar-refractivity contribution >= 4 is 55.3 Å². The Balaban J connectivity index is 2.36. The number of thioether (sulfide) groups is 1. The molecular formula is C13H11N3O9S3. The number of methoxy groups -OCH3 is 1. The Labute approximate surface area is 162 Å². The van der Waals surface area contributed by atoms with Gasteiger partial charge in [0, 0.05) is 11.6 Å². The second kappa shape index (κ2) is 8.19. The highest BCUT2D eigenvalue weighted by Gasteiger charge is 2.25. The van der Waals surface area contributed by atoms with Gasteiger partial charge in [0.25, 0.3) is 26.1 Å². The molecule has 0 aliphatic carbocycles. The summed E-state index contributed by atoms with van der Waals surface area (Å²) in [5.74, 6) is -1.40. The molecular weight excluding hydrogens is 438 g/mol. The molecule has 12 nitrogen and oxygen atoms in total. The topological polar surface area (TPSA) is 189 Å². The zero-order valence-electron chi connectivity index (χ0n) is 13.8. The molecule has 0 spiro atoms. The Bertz CT molecular complexity index is 1140. The van der Waals surface area contributed by atoms with Crippen molar-refractivity contribution in [3.63, 3.8) is 0 Å². The molecule has 1 aromatic carbocycles. The van der Waals surface area contributed by atoms with Crippen LogP contribution < -0.4 is 5.32 Å². The molecule has 1 heterocycles. The van der Waals surface area contributed by atoms with Crippen molar-refractivity contribution in [3.05, 3.63) is 34.7 Å². The van der Waals surface area contributed by atoms with Crippen LogP contribution in [0.25, 0.3) is 0 Å². The van der Waals surface area contributed by atoms with Crippen LogP contribution in [0.3, 0.4) is 0 Å². The number of benzene rings is 1. The van der Waals surface area contributed by atoms with Gasteiger partial charge in [-0.1, -0.05) is 0 Å². The van der Waals surface area contributed by atoms with Crippen LogP contribution in [0, 0.1) is 0 Å². The van der Waals surface area contributed by atoms with Gasteiger partial charge in [0.15, 0.2) is 5.17 Å².